The van der Waals surface area contributed by atoms with E-state index in [-0.39, 0.29) is 5.91 Å². The fourth-order valence-electron chi connectivity index (χ4n) is 2.00. The van der Waals surface area contributed by atoms with Gasteiger partial charge in [0.15, 0.2) is 0 Å². The third-order valence-corrected chi connectivity index (χ3v) is 3.68. The van der Waals surface area contributed by atoms with Crippen molar-refractivity contribution in [3.63, 3.8) is 0 Å². The zero-order chi connectivity index (χ0) is 13.0. The van der Waals surface area contributed by atoms with Crippen LogP contribution in [0.25, 0.3) is 6.08 Å². The van der Waals surface area contributed by atoms with Gasteiger partial charge >= 0.3 is 0 Å². The molecule has 0 bridgehead atoms. The Bertz CT molecular complexity index is 461. The molecule has 1 aromatic rings. The minimum absolute atomic E-state index is 0.0304. The van der Waals surface area contributed by atoms with Gasteiger partial charge in [-0.2, -0.15) is 0 Å². The number of benzene rings is 1. The second kappa shape index (κ2) is 5.25. The smallest absolute Gasteiger partial charge is 0.244 e. The quantitative estimate of drug-likeness (QED) is 0.618. The Balaban J connectivity index is 1.83. The van der Waals surface area contributed by atoms with E-state index < -0.39 is 0 Å². The summed E-state index contributed by atoms with van der Waals surface area (Å²) in [5.74, 6) is -0.0304. The van der Waals surface area contributed by atoms with Crippen LogP contribution in [0.4, 0.5) is 5.69 Å². The van der Waals surface area contributed by atoms with Crippen molar-refractivity contribution in [3.8, 4) is 0 Å². The average molecular weight is 244 g/mol. The lowest BCUT2D eigenvalue weighted by Crippen LogP contribution is -2.28. The molecule has 0 saturated heterocycles. The monoisotopic (exact) mass is 244 g/mol. The van der Waals surface area contributed by atoms with Crippen molar-refractivity contribution >= 4 is 17.7 Å². The fourth-order valence-corrected chi connectivity index (χ4v) is 2.00. The fraction of sp³-hybridized carbons (Fsp3) is 0.400. The van der Waals surface area contributed by atoms with E-state index in [9.17, 15) is 4.79 Å². The molecule has 18 heavy (non-hydrogen) atoms. The molecule has 2 rings (SSSR count). The first-order valence-corrected chi connectivity index (χ1v) is 6.45. The Labute approximate surface area is 108 Å². The number of anilines is 1. The van der Waals surface area contributed by atoms with E-state index in [4.69, 9.17) is 5.73 Å². The molecule has 1 aliphatic rings. The predicted molar refractivity (Wildman–Crippen MR) is 74.9 cm³/mol. The van der Waals surface area contributed by atoms with Gasteiger partial charge in [-0.15, -0.1) is 0 Å². The summed E-state index contributed by atoms with van der Waals surface area (Å²) in [6.07, 6.45) is 6.98. The van der Waals surface area contributed by atoms with Gasteiger partial charge in [0.1, 0.15) is 0 Å². The molecular weight excluding hydrogens is 224 g/mol. The van der Waals surface area contributed by atoms with Gasteiger partial charge in [-0.25, -0.2) is 0 Å². The Hall–Kier alpha value is -1.77. The maximum atomic E-state index is 11.7. The van der Waals surface area contributed by atoms with Crippen molar-refractivity contribution in [1.82, 2.24) is 5.32 Å². The minimum atomic E-state index is -0.0304. The first kappa shape index (κ1) is 12.7. The number of nitrogens with two attached hydrogens (primary N) is 1. The van der Waals surface area contributed by atoms with Crippen LogP contribution in [0.1, 0.15) is 31.7 Å². The summed E-state index contributed by atoms with van der Waals surface area (Å²) in [4.78, 5) is 11.7. The average Bonchev–Trinajstić information content (AvgIpc) is 3.15. The van der Waals surface area contributed by atoms with Crippen LogP contribution in [-0.2, 0) is 4.79 Å². The molecule has 0 aromatic heterocycles. The van der Waals surface area contributed by atoms with E-state index in [1.54, 1.807) is 12.2 Å². The van der Waals surface area contributed by atoms with Crippen molar-refractivity contribution in [3.05, 3.63) is 35.9 Å². The zero-order valence-electron chi connectivity index (χ0n) is 10.8. The summed E-state index contributed by atoms with van der Waals surface area (Å²) < 4.78 is 0. The van der Waals surface area contributed by atoms with Crippen molar-refractivity contribution < 1.29 is 4.79 Å². The molecule has 3 heteroatoms. The van der Waals surface area contributed by atoms with Gasteiger partial charge in [0.2, 0.25) is 5.91 Å². The van der Waals surface area contributed by atoms with E-state index in [0.717, 1.165) is 18.5 Å². The predicted octanol–water partition coefficient (Wildman–Crippen LogP) is 2.59. The van der Waals surface area contributed by atoms with Gasteiger partial charge in [0, 0.05) is 18.3 Å². The highest BCUT2D eigenvalue weighted by molar-refractivity contribution is 5.91. The summed E-state index contributed by atoms with van der Waals surface area (Å²) in [7, 11) is 0. The number of carbonyl (C=O) groups is 1. The van der Waals surface area contributed by atoms with Gasteiger partial charge in [-0.1, -0.05) is 19.1 Å². The second-order valence-electron chi connectivity index (χ2n) is 5.07. The number of amides is 1. The standard InChI is InChI=1S/C15H20N2O/c1-2-15(8-9-15)11-17-14(18)7-6-12-4-3-5-13(16)10-12/h3-7,10H,2,8-9,11,16H2,1H3,(H,17,18)/b7-6+. The number of rotatable bonds is 5. The first-order chi connectivity index (χ1) is 8.63. The van der Waals surface area contributed by atoms with Gasteiger partial charge < -0.3 is 11.1 Å². The molecule has 1 fully saturated rings. The van der Waals surface area contributed by atoms with E-state index in [1.165, 1.54) is 12.8 Å². The topological polar surface area (TPSA) is 55.1 Å². The Kier molecular flexibility index (Phi) is 3.70. The first-order valence-electron chi connectivity index (χ1n) is 6.45. The summed E-state index contributed by atoms with van der Waals surface area (Å²) in [5.41, 5.74) is 7.72. The van der Waals surface area contributed by atoms with Crippen LogP contribution in [0.3, 0.4) is 0 Å². The van der Waals surface area contributed by atoms with Crippen LogP contribution in [0, 0.1) is 5.41 Å². The highest BCUT2D eigenvalue weighted by Gasteiger charge is 2.40. The molecule has 0 heterocycles. The Morgan fingerprint density at radius 3 is 2.89 bits per heavy atom. The van der Waals surface area contributed by atoms with Crippen molar-refractivity contribution in [2.24, 2.45) is 5.41 Å². The van der Waals surface area contributed by atoms with Gasteiger partial charge in [-0.05, 0) is 48.4 Å². The lowest BCUT2D eigenvalue weighted by Gasteiger charge is -2.11. The van der Waals surface area contributed by atoms with Crippen LogP contribution < -0.4 is 11.1 Å². The zero-order valence-corrected chi connectivity index (χ0v) is 10.8. The lowest BCUT2D eigenvalue weighted by atomic mass is 10.0. The summed E-state index contributed by atoms with van der Waals surface area (Å²) in [6, 6.07) is 7.48. The number of nitrogens with one attached hydrogen (secondary N) is 1. The Morgan fingerprint density at radius 2 is 2.28 bits per heavy atom. The van der Waals surface area contributed by atoms with Crippen LogP contribution in [0.5, 0.6) is 0 Å². The summed E-state index contributed by atoms with van der Waals surface area (Å²) in [6.45, 7) is 2.98. The molecule has 0 atom stereocenters. The highest BCUT2D eigenvalue weighted by Crippen LogP contribution is 2.47. The van der Waals surface area contributed by atoms with Crippen LogP contribution in [-0.4, -0.2) is 12.5 Å². The van der Waals surface area contributed by atoms with Crippen LogP contribution in [0.15, 0.2) is 30.3 Å². The maximum absolute atomic E-state index is 11.7. The van der Waals surface area contributed by atoms with E-state index in [1.807, 2.05) is 24.3 Å². The normalized spacial score (nSPS) is 16.7. The summed E-state index contributed by atoms with van der Waals surface area (Å²) in [5, 5.41) is 2.96. The molecule has 0 unspecified atom stereocenters. The highest BCUT2D eigenvalue weighted by atomic mass is 16.1. The van der Waals surface area contributed by atoms with E-state index in [2.05, 4.69) is 12.2 Å². The van der Waals surface area contributed by atoms with Gasteiger partial charge in [0.05, 0.1) is 0 Å². The number of nitrogen functional groups attached to an aromatic ring is 1. The molecule has 1 amide bonds. The van der Waals surface area contributed by atoms with Crippen LogP contribution >= 0.6 is 0 Å². The van der Waals surface area contributed by atoms with Gasteiger partial charge in [0.25, 0.3) is 0 Å². The molecule has 1 aliphatic carbocycles. The molecule has 96 valence electrons. The number of hydrogen-bond donors (Lipinski definition) is 2. The third kappa shape index (κ3) is 3.36. The van der Waals surface area contributed by atoms with Gasteiger partial charge in [-0.3, -0.25) is 4.79 Å². The molecule has 0 radical (unpaired) electrons. The molecule has 0 spiro atoms. The SMILES string of the molecule is CCC1(CNC(=O)/C=C/c2cccc(N)c2)CC1. The van der Waals surface area contributed by atoms with Crippen molar-refractivity contribution in [2.45, 2.75) is 26.2 Å². The molecule has 3 nitrogen and oxygen atoms in total. The molecule has 1 aromatic carbocycles. The summed E-state index contributed by atoms with van der Waals surface area (Å²) >= 11 is 0. The molecular formula is C15H20N2O. The molecule has 3 N–H and O–H groups in total. The second-order valence-corrected chi connectivity index (χ2v) is 5.07. The van der Waals surface area contributed by atoms with Crippen LogP contribution in [0.2, 0.25) is 0 Å². The van der Waals surface area contributed by atoms with E-state index >= 15 is 0 Å². The number of carbonyl (C=O) groups excluding carboxylic acids is 1. The third-order valence-electron chi connectivity index (χ3n) is 3.68. The number of hydrogen-bond acceptors (Lipinski definition) is 2. The lowest BCUT2D eigenvalue weighted by molar-refractivity contribution is -0.116. The minimum Gasteiger partial charge on any atom is -0.399 e. The van der Waals surface area contributed by atoms with Crippen molar-refractivity contribution in [1.29, 1.82) is 0 Å². The van der Waals surface area contributed by atoms with Crippen molar-refractivity contribution in [2.75, 3.05) is 12.3 Å². The Morgan fingerprint density at radius 1 is 1.50 bits per heavy atom. The molecule has 1 saturated carbocycles. The van der Waals surface area contributed by atoms with E-state index in [0.29, 0.717) is 11.1 Å². The molecule has 0 aliphatic heterocycles. The maximum Gasteiger partial charge on any atom is 0.244 e. The largest absolute Gasteiger partial charge is 0.399 e.